The zero-order valence-electron chi connectivity index (χ0n) is 20.7. The summed E-state index contributed by atoms with van der Waals surface area (Å²) in [6.45, 7) is 2.85. The molecule has 1 aromatic carbocycles. The summed E-state index contributed by atoms with van der Waals surface area (Å²) in [6, 6.07) is 7.41. The van der Waals surface area contributed by atoms with Crippen LogP contribution in [0.25, 0.3) is 6.08 Å². The van der Waals surface area contributed by atoms with Gasteiger partial charge in [0.25, 0.3) is 0 Å². The number of nitrogens with zero attached hydrogens (tertiary/aromatic N) is 3. The third kappa shape index (κ3) is 4.96. The molecule has 2 aliphatic heterocycles. The van der Waals surface area contributed by atoms with Gasteiger partial charge < -0.3 is 4.90 Å². The Kier molecular flexibility index (Phi) is 5.97. The molecule has 1 unspecified atom stereocenters. The van der Waals surface area contributed by atoms with Crippen LogP contribution in [0.1, 0.15) is 59.2 Å². The molecule has 1 saturated carbocycles. The predicted molar refractivity (Wildman–Crippen MR) is 132 cm³/mol. The summed E-state index contributed by atoms with van der Waals surface area (Å²) in [6.07, 6.45) is 4.72. The number of allylic oxidation sites excluding steroid dienone is 1. The highest BCUT2D eigenvalue weighted by atomic mass is 19.4. The Morgan fingerprint density at radius 3 is 2.73 bits per heavy atom. The highest BCUT2D eigenvalue weighted by molar-refractivity contribution is 5.98. The zero-order chi connectivity index (χ0) is 25.8. The summed E-state index contributed by atoms with van der Waals surface area (Å²) < 4.78 is 39.8. The minimum Gasteiger partial charge on any atom is -0.337 e. The number of ketones is 1. The van der Waals surface area contributed by atoms with E-state index >= 15 is 0 Å². The van der Waals surface area contributed by atoms with Crippen LogP contribution in [-0.4, -0.2) is 46.1 Å². The molecule has 8 heteroatoms. The van der Waals surface area contributed by atoms with Gasteiger partial charge >= 0.3 is 6.18 Å². The molecule has 6 rings (SSSR count). The third-order valence-electron chi connectivity index (χ3n) is 8.34. The normalized spacial score (nSPS) is 23.8. The molecular formula is C29H30F3N3O2. The number of rotatable bonds is 5. The molecule has 0 spiro atoms. The average molecular weight is 510 g/mol. The van der Waals surface area contributed by atoms with Gasteiger partial charge in [0.2, 0.25) is 5.91 Å². The second kappa shape index (κ2) is 9.08. The van der Waals surface area contributed by atoms with E-state index in [1.54, 1.807) is 11.0 Å². The van der Waals surface area contributed by atoms with Gasteiger partial charge in [-0.25, -0.2) is 0 Å². The minimum absolute atomic E-state index is 0.0751. The largest absolute Gasteiger partial charge is 0.417 e. The Morgan fingerprint density at radius 1 is 1.11 bits per heavy atom. The van der Waals surface area contributed by atoms with Crippen LogP contribution in [0, 0.1) is 11.3 Å². The third-order valence-corrected chi connectivity index (χ3v) is 8.34. The monoisotopic (exact) mass is 509 g/mol. The van der Waals surface area contributed by atoms with E-state index in [9.17, 15) is 22.8 Å². The van der Waals surface area contributed by atoms with Crippen molar-refractivity contribution in [3.63, 3.8) is 0 Å². The number of benzene rings is 1. The van der Waals surface area contributed by atoms with Gasteiger partial charge in [0.1, 0.15) is 0 Å². The van der Waals surface area contributed by atoms with Crippen molar-refractivity contribution in [2.24, 2.45) is 11.3 Å². The predicted octanol–water partition coefficient (Wildman–Crippen LogP) is 4.82. The van der Waals surface area contributed by atoms with Crippen molar-refractivity contribution < 1.29 is 22.8 Å². The first-order valence-electron chi connectivity index (χ1n) is 13.1. The lowest BCUT2D eigenvalue weighted by Gasteiger charge is -2.37. The number of aromatic nitrogens is 1. The highest BCUT2D eigenvalue weighted by Gasteiger charge is 2.49. The van der Waals surface area contributed by atoms with Gasteiger partial charge in [-0.15, -0.1) is 0 Å². The fourth-order valence-corrected chi connectivity index (χ4v) is 6.25. The fraction of sp³-hybridized carbons (Fsp3) is 0.483. The van der Waals surface area contributed by atoms with E-state index < -0.39 is 17.2 Å². The second-order valence-electron chi connectivity index (χ2n) is 11.2. The second-order valence-corrected chi connectivity index (χ2v) is 11.2. The van der Waals surface area contributed by atoms with E-state index in [1.807, 2.05) is 6.08 Å². The molecule has 194 valence electrons. The molecule has 2 aliphatic carbocycles. The van der Waals surface area contributed by atoms with Crippen LogP contribution in [0.5, 0.6) is 0 Å². The van der Waals surface area contributed by atoms with Gasteiger partial charge in [-0.05, 0) is 59.7 Å². The Hall–Kier alpha value is -3.00. The number of hydrogen-bond acceptors (Lipinski definition) is 4. The van der Waals surface area contributed by atoms with Crippen LogP contribution in [0.2, 0.25) is 0 Å². The van der Waals surface area contributed by atoms with Crippen LogP contribution in [-0.2, 0) is 41.7 Å². The minimum atomic E-state index is -4.45. The lowest BCUT2D eigenvalue weighted by molar-refractivity contribution is -0.143. The molecule has 0 radical (unpaired) electrons. The Labute approximate surface area is 214 Å². The molecule has 0 bridgehead atoms. The first-order valence-corrected chi connectivity index (χ1v) is 13.1. The molecule has 2 fully saturated rings. The number of pyridine rings is 1. The van der Waals surface area contributed by atoms with Crippen molar-refractivity contribution in [3.05, 3.63) is 70.0 Å². The van der Waals surface area contributed by atoms with E-state index in [0.29, 0.717) is 49.7 Å². The van der Waals surface area contributed by atoms with Crippen molar-refractivity contribution in [2.45, 2.75) is 57.8 Å². The molecule has 4 aliphatic rings. The summed E-state index contributed by atoms with van der Waals surface area (Å²) in [5.74, 6) is 0.743. The molecule has 1 aromatic heterocycles. The Morgan fingerprint density at radius 2 is 1.95 bits per heavy atom. The SMILES string of the molecule is O=C1C=Cc2ccc(CN3CCC(CC4CC4)(C(=O)N4CCc5ncc(C(F)(F)F)cc5C4)C3)cc2C1. The molecule has 1 atom stereocenters. The van der Waals surface area contributed by atoms with Crippen molar-refractivity contribution in [2.75, 3.05) is 19.6 Å². The van der Waals surface area contributed by atoms with Crippen molar-refractivity contribution >= 4 is 17.8 Å². The number of carbonyl (C=O) groups is 2. The van der Waals surface area contributed by atoms with E-state index in [2.05, 4.69) is 28.1 Å². The number of carbonyl (C=O) groups excluding carboxylic acids is 2. The number of halogens is 3. The summed E-state index contributed by atoms with van der Waals surface area (Å²) in [5, 5.41) is 0. The molecule has 37 heavy (non-hydrogen) atoms. The maximum Gasteiger partial charge on any atom is 0.417 e. The van der Waals surface area contributed by atoms with Gasteiger partial charge in [0, 0.05) is 50.9 Å². The fourth-order valence-electron chi connectivity index (χ4n) is 6.25. The van der Waals surface area contributed by atoms with Crippen LogP contribution in [0.4, 0.5) is 13.2 Å². The quantitative estimate of drug-likeness (QED) is 0.580. The molecule has 0 N–H and O–H groups in total. The smallest absolute Gasteiger partial charge is 0.337 e. The van der Waals surface area contributed by atoms with Crippen molar-refractivity contribution in [1.82, 2.24) is 14.8 Å². The van der Waals surface area contributed by atoms with Crippen molar-refractivity contribution in [3.8, 4) is 0 Å². The molecule has 5 nitrogen and oxygen atoms in total. The molecular weight excluding hydrogens is 479 g/mol. The maximum absolute atomic E-state index is 14.0. The number of likely N-dealkylation sites (tertiary alicyclic amines) is 1. The summed E-state index contributed by atoms with van der Waals surface area (Å²) in [4.78, 5) is 34.0. The number of fused-ring (bicyclic) bond motifs is 2. The number of hydrogen-bond donors (Lipinski definition) is 0. The first kappa shape index (κ1) is 24.3. The Bertz CT molecular complexity index is 1280. The number of alkyl halides is 3. The molecule has 3 heterocycles. The summed E-state index contributed by atoms with van der Waals surface area (Å²) in [5.41, 5.74) is 3.16. The van der Waals surface area contributed by atoms with E-state index in [1.165, 1.54) is 0 Å². The maximum atomic E-state index is 14.0. The molecule has 1 saturated heterocycles. The number of amides is 1. The highest BCUT2D eigenvalue weighted by Crippen LogP contribution is 2.47. The topological polar surface area (TPSA) is 53.5 Å². The molecule has 1 amide bonds. The summed E-state index contributed by atoms with van der Waals surface area (Å²) in [7, 11) is 0. The van der Waals surface area contributed by atoms with Gasteiger partial charge in [0.05, 0.1) is 11.0 Å². The Balaban J connectivity index is 1.19. The van der Waals surface area contributed by atoms with Crippen LogP contribution in [0.3, 0.4) is 0 Å². The first-order chi connectivity index (χ1) is 17.7. The standard InChI is InChI=1S/C29H30F3N3O2/c30-29(31,32)24-12-23-17-35(9-7-26(23)33-15-24)27(37)28(14-19-1-2-19)8-10-34(18-28)16-20-3-4-21-5-6-25(36)13-22(21)11-20/h3-6,11-12,15,19H,1-2,7-10,13-14,16-18H2. The van der Waals surface area contributed by atoms with Gasteiger partial charge in [-0.2, -0.15) is 13.2 Å². The lowest BCUT2D eigenvalue weighted by Crippen LogP contribution is -2.47. The van der Waals surface area contributed by atoms with E-state index in [4.69, 9.17) is 0 Å². The lowest BCUT2D eigenvalue weighted by atomic mass is 9.79. The van der Waals surface area contributed by atoms with Crippen LogP contribution >= 0.6 is 0 Å². The van der Waals surface area contributed by atoms with Crippen LogP contribution < -0.4 is 0 Å². The van der Waals surface area contributed by atoms with Crippen LogP contribution in [0.15, 0.2) is 36.5 Å². The zero-order valence-corrected chi connectivity index (χ0v) is 20.7. The summed E-state index contributed by atoms with van der Waals surface area (Å²) >= 11 is 0. The van der Waals surface area contributed by atoms with Gasteiger partial charge in [0.15, 0.2) is 5.78 Å². The van der Waals surface area contributed by atoms with Gasteiger partial charge in [-0.1, -0.05) is 37.1 Å². The van der Waals surface area contributed by atoms with E-state index in [0.717, 1.165) is 61.2 Å². The van der Waals surface area contributed by atoms with E-state index in [-0.39, 0.29) is 18.2 Å². The van der Waals surface area contributed by atoms with Gasteiger partial charge in [-0.3, -0.25) is 19.5 Å². The molecule has 2 aromatic rings. The average Bonchev–Trinajstić information content (AvgIpc) is 3.59. The van der Waals surface area contributed by atoms with Crippen molar-refractivity contribution in [1.29, 1.82) is 0 Å².